The Kier molecular flexibility index (Phi) is 10.8. The van der Waals surface area contributed by atoms with Gasteiger partial charge in [-0.2, -0.15) is 0 Å². The molecule has 0 aromatic carbocycles. The SMILES string of the molecule is CC(C)CCC(=O)[C@@H](C)[C@@]1(O)[C@@H](OC2OCC(O)C(OC3OCC(O)C(O)C3O)C2O)C[C@H]2[C@@H]3CC=C4C[C@@H](O)CC[C@]4(C)[C@H]3CC[C@@]21C. The van der Waals surface area contributed by atoms with Crippen LogP contribution in [0.25, 0.3) is 0 Å². The van der Waals surface area contributed by atoms with Crippen LogP contribution in [0.1, 0.15) is 92.4 Å². The maximum absolute atomic E-state index is 13.8. The van der Waals surface area contributed by atoms with Crippen LogP contribution in [0.4, 0.5) is 0 Å². The molecule has 2 aliphatic heterocycles. The topological polar surface area (TPSA) is 196 Å². The molecule has 0 bridgehead atoms. The van der Waals surface area contributed by atoms with Crippen LogP contribution in [0, 0.1) is 40.4 Å². The van der Waals surface area contributed by atoms with Crippen molar-refractivity contribution in [3.05, 3.63) is 11.6 Å². The number of rotatable bonds is 9. The zero-order valence-electron chi connectivity index (χ0n) is 29.7. The highest BCUT2D eigenvalue weighted by Gasteiger charge is 2.70. The predicted molar refractivity (Wildman–Crippen MR) is 176 cm³/mol. The van der Waals surface area contributed by atoms with E-state index < -0.39 is 72.2 Å². The number of aliphatic hydroxyl groups is 7. The van der Waals surface area contributed by atoms with E-state index in [4.69, 9.17) is 18.9 Å². The molecule has 0 aromatic rings. The Morgan fingerprint density at radius 1 is 0.898 bits per heavy atom. The lowest BCUT2D eigenvalue weighted by atomic mass is 9.46. The molecule has 0 spiro atoms. The summed E-state index contributed by atoms with van der Waals surface area (Å²) in [5, 5.41) is 76.2. The van der Waals surface area contributed by atoms with Crippen molar-refractivity contribution in [1.29, 1.82) is 0 Å². The molecule has 2 heterocycles. The number of carbonyl (C=O) groups excluding carboxylic acids is 1. The van der Waals surface area contributed by atoms with E-state index >= 15 is 0 Å². The summed E-state index contributed by atoms with van der Waals surface area (Å²) in [4.78, 5) is 13.8. The highest BCUT2D eigenvalue weighted by atomic mass is 16.7. The van der Waals surface area contributed by atoms with E-state index in [-0.39, 0.29) is 42.4 Å². The Morgan fingerprint density at radius 3 is 2.27 bits per heavy atom. The van der Waals surface area contributed by atoms with Gasteiger partial charge in [0.1, 0.15) is 48.0 Å². The van der Waals surface area contributed by atoms with E-state index in [2.05, 4.69) is 33.8 Å². The lowest BCUT2D eigenvalue weighted by Gasteiger charge is -2.59. The molecule has 6 aliphatic rings. The number of ether oxygens (including phenoxy) is 4. The Bertz CT molecular complexity index is 1230. The standard InChI is InChI=1S/C37H60O12/c1-18(2)6-9-25(39)19(3)37(45)28(48-34-31(44)32(27(41)17-47-34)49-33-30(43)29(42)26(40)16-46-33)15-24-22-8-7-20-14-21(38)10-12-35(20,4)23(22)11-13-36(24,37)5/h7,18-19,21-24,26-34,38,40-45H,6,8-17H2,1-5H3/t19-,21+,22-,23+,24+,26?,27?,28+,29?,30?,31?,32?,33?,34?,35+,36+,37-/m1/s1. The van der Waals surface area contributed by atoms with Crippen LogP contribution in [0.5, 0.6) is 0 Å². The molecule has 12 heteroatoms. The molecule has 4 aliphatic carbocycles. The number of Topliss-reactive ketones (excluding diaryl/α,β-unsaturated/α-hetero) is 1. The first kappa shape index (κ1) is 37.7. The van der Waals surface area contributed by atoms with E-state index in [9.17, 15) is 40.5 Å². The number of aliphatic hydroxyl groups excluding tert-OH is 6. The first-order valence-electron chi connectivity index (χ1n) is 18.6. The molecule has 280 valence electrons. The first-order valence-corrected chi connectivity index (χ1v) is 18.6. The third-order valence-electron chi connectivity index (χ3n) is 13.9. The summed E-state index contributed by atoms with van der Waals surface area (Å²) in [5.41, 5.74) is -0.944. The zero-order chi connectivity index (χ0) is 35.6. The highest BCUT2D eigenvalue weighted by Crippen LogP contribution is 2.69. The quantitative estimate of drug-likeness (QED) is 0.172. The van der Waals surface area contributed by atoms with E-state index in [1.54, 1.807) is 6.92 Å². The second kappa shape index (κ2) is 14.1. The molecule has 5 fully saturated rings. The molecule has 3 saturated carbocycles. The number of ketones is 1. The third kappa shape index (κ3) is 6.38. The number of fused-ring (bicyclic) bond motifs is 5. The fourth-order valence-corrected chi connectivity index (χ4v) is 10.8. The van der Waals surface area contributed by atoms with Gasteiger partial charge in [0, 0.05) is 17.8 Å². The van der Waals surface area contributed by atoms with Gasteiger partial charge in [0.2, 0.25) is 0 Å². The molecular formula is C37H60O12. The summed E-state index contributed by atoms with van der Waals surface area (Å²) in [5.74, 6) is 0.160. The lowest BCUT2D eigenvalue weighted by molar-refractivity contribution is -0.344. The Labute approximate surface area is 289 Å². The van der Waals surface area contributed by atoms with Gasteiger partial charge in [-0.15, -0.1) is 0 Å². The number of allylic oxidation sites excluding steroid dienone is 1. The van der Waals surface area contributed by atoms with Crippen LogP contribution in [0.2, 0.25) is 0 Å². The summed E-state index contributed by atoms with van der Waals surface area (Å²) in [6, 6.07) is 0. The summed E-state index contributed by atoms with van der Waals surface area (Å²) >= 11 is 0. The monoisotopic (exact) mass is 696 g/mol. The molecule has 0 aromatic heterocycles. The fourth-order valence-electron chi connectivity index (χ4n) is 10.8. The van der Waals surface area contributed by atoms with Crippen molar-refractivity contribution >= 4 is 5.78 Å². The highest BCUT2D eigenvalue weighted by molar-refractivity contribution is 5.82. The Hall–Kier alpha value is -1.03. The van der Waals surface area contributed by atoms with E-state index in [0.717, 1.165) is 25.7 Å². The largest absolute Gasteiger partial charge is 0.393 e. The molecule has 49 heavy (non-hydrogen) atoms. The molecule has 6 rings (SSSR count). The Balaban J connectivity index is 1.28. The molecule has 17 atom stereocenters. The Morgan fingerprint density at radius 2 is 1.57 bits per heavy atom. The molecule has 7 N–H and O–H groups in total. The van der Waals surface area contributed by atoms with Crippen LogP contribution in [0.15, 0.2) is 11.6 Å². The smallest absolute Gasteiger partial charge is 0.186 e. The second-order valence-electron chi connectivity index (χ2n) is 17.0. The van der Waals surface area contributed by atoms with Gasteiger partial charge in [-0.25, -0.2) is 0 Å². The van der Waals surface area contributed by atoms with Crippen LogP contribution in [-0.4, -0.2) is 122 Å². The lowest BCUT2D eigenvalue weighted by Crippen LogP contribution is -2.63. The predicted octanol–water partition coefficient (Wildman–Crippen LogP) is 1.58. The van der Waals surface area contributed by atoms with Crippen molar-refractivity contribution in [2.24, 2.45) is 40.4 Å². The number of hydrogen-bond acceptors (Lipinski definition) is 12. The van der Waals surface area contributed by atoms with Crippen molar-refractivity contribution in [2.75, 3.05) is 13.2 Å². The van der Waals surface area contributed by atoms with Gasteiger partial charge >= 0.3 is 0 Å². The van der Waals surface area contributed by atoms with Gasteiger partial charge in [0.15, 0.2) is 12.6 Å². The zero-order valence-corrected chi connectivity index (χ0v) is 29.7. The maximum atomic E-state index is 13.8. The molecule has 0 radical (unpaired) electrons. The van der Waals surface area contributed by atoms with Gasteiger partial charge in [-0.3, -0.25) is 4.79 Å². The summed E-state index contributed by atoms with van der Waals surface area (Å²) in [6.45, 7) is 9.78. The van der Waals surface area contributed by atoms with E-state index in [0.29, 0.717) is 43.9 Å². The minimum absolute atomic E-state index is 0.0140. The average molecular weight is 697 g/mol. The fraction of sp³-hybridized carbons (Fsp3) is 0.919. The van der Waals surface area contributed by atoms with Crippen LogP contribution >= 0.6 is 0 Å². The van der Waals surface area contributed by atoms with Crippen molar-refractivity contribution in [1.82, 2.24) is 0 Å². The minimum atomic E-state index is -1.63. The summed E-state index contributed by atoms with van der Waals surface area (Å²) < 4.78 is 23.6. The normalized spacial score (nSPS) is 50.6. The number of hydrogen-bond donors (Lipinski definition) is 7. The molecule has 12 nitrogen and oxygen atoms in total. The third-order valence-corrected chi connectivity index (χ3v) is 13.9. The van der Waals surface area contributed by atoms with Crippen molar-refractivity contribution < 1.29 is 59.5 Å². The summed E-state index contributed by atoms with van der Waals surface area (Å²) in [6.07, 6.45) is -4.08. The van der Waals surface area contributed by atoms with Gasteiger partial charge in [0.25, 0.3) is 0 Å². The first-order chi connectivity index (χ1) is 23.0. The van der Waals surface area contributed by atoms with Gasteiger partial charge in [0.05, 0.1) is 25.4 Å². The minimum Gasteiger partial charge on any atom is -0.393 e. The van der Waals surface area contributed by atoms with Gasteiger partial charge in [-0.1, -0.05) is 46.3 Å². The molecule has 2 saturated heterocycles. The molecule has 8 unspecified atom stereocenters. The van der Waals surface area contributed by atoms with Gasteiger partial charge < -0.3 is 54.7 Å². The molecule has 0 amide bonds. The van der Waals surface area contributed by atoms with Gasteiger partial charge in [-0.05, 0) is 80.5 Å². The van der Waals surface area contributed by atoms with Crippen molar-refractivity contribution in [2.45, 2.75) is 159 Å². The number of carbonyl (C=O) groups is 1. The maximum Gasteiger partial charge on any atom is 0.186 e. The van der Waals surface area contributed by atoms with E-state index in [1.807, 2.05) is 0 Å². The van der Waals surface area contributed by atoms with Crippen LogP contribution in [-0.2, 0) is 23.7 Å². The second-order valence-corrected chi connectivity index (χ2v) is 17.0. The van der Waals surface area contributed by atoms with Crippen molar-refractivity contribution in [3.8, 4) is 0 Å². The van der Waals surface area contributed by atoms with Crippen LogP contribution < -0.4 is 0 Å². The summed E-state index contributed by atoms with van der Waals surface area (Å²) in [7, 11) is 0. The molecular weight excluding hydrogens is 636 g/mol. The van der Waals surface area contributed by atoms with E-state index in [1.165, 1.54) is 5.57 Å². The average Bonchev–Trinajstić information content (AvgIpc) is 3.29. The van der Waals surface area contributed by atoms with Crippen LogP contribution in [0.3, 0.4) is 0 Å². The van der Waals surface area contributed by atoms with Crippen molar-refractivity contribution in [3.63, 3.8) is 0 Å².